The van der Waals surface area contributed by atoms with E-state index in [0.29, 0.717) is 16.8 Å². The highest BCUT2D eigenvalue weighted by Gasteiger charge is 2.16. The molecular weight excluding hydrogens is 316 g/mol. The van der Waals surface area contributed by atoms with Crippen LogP contribution in [0.25, 0.3) is 0 Å². The molecule has 23 heavy (non-hydrogen) atoms. The van der Waals surface area contributed by atoms with Crippen LogP contribution in [0.2, 0.25) is 0 Å². The Labute approximate surface area is 135 Å². The average Bonchev–Trinajstić information content (AvgIpc) is 2.43. The first-order chi connectivity index (χ1) is 10.7. The second-order valence-electron chi connectivity index (χ2n) is 5.30. The lowest BCUT2D eigenvalue weighted by atomic mass is 10.1. The van der Waals surface area contributed by atoms with Gasteiger partial charge < -0.3 is 10.2 Å². The maximum absolute atomic E-state index is 12.3. The number of nitrogens with one attached hydrogen (secondary N) is 1. The number of rotatable bonds is 4. The maximum atomic E-state index is 12.3. The molecule has 0 unspecified atom stereocenters. The smallest absolute Gasteiger partial charge is 0.276 e. The summed E-state index contributed by atoms with van der Waals surface area (Å²) in [5, 5.41) is 22.8. The van der Waals surface area contributed by atoms with Gasteiger partial charge in [-0.3, -0.25) is 0 Å². The summed E-state index contributed by atoms with van der Waals surface area (Å²) >= 11 is 0. The fourth-order valence-electron chi connectivity index (χ4n) is 2.15. The van der Waals surface area contributed by atoms with E-state index in [0.717, 1.165) is 5.56 Å². The van der Waals surface area contributed by atoms with Gasteiger partial charge in [0.1, 0.15) is 11.5 Å². The molecule has 122 valence electrons. The maximum Gasteiger partial charge on any atom is 0.276 e. The summed E-state index contributed by atoms with van der Waals surface area (Å²) < 4.78 is 24.6. The minimum Gasteiger partial charge on any atom is -0.508 e. The van der Waals surface area contributed by atoms with Crippen molar-refractivity contribution in [2.45, 2.75) is 25.7 Å². The van der Waals surface area contributed by atoms with Gasteiger partial charge >= 0.3 is 0 Å². The Kier molecular flexibility index (Phi) is 4.60. The molecule has 7 heteroatoms. The van der Waals surface area contributed by atoms with E-state index in [1.807, 2.05) is 6.92 Å². The molecule has 0 fully saturated rings. The number of nitrogens with zero attached hydrogens (tertiary/aromatic N) is 1. The average molecular weight is 334 g/mol. The lowest BCUT2D eigenvalue weighted by Gasteiger charge is -2.09. The number of hydrogen-bond acceptors (Lipinski definition) is 5. The van der Waals surface area contributed by atoms with Crippen LogP contribution in [0, 0.1) is 13.8 Å². The molecule has 2 aromatic rings. The van der Waals surface area contributed by atoms with Crippen LogP contribution in [0.3, 0.4) is 0 Å². The number of hydrazone groups is 1. The summed E-state index contributed by atoms with van der Waals surface area (Å²) in [6, 6.07) is 8.95. The predicted molar refractivity (Wildman–Crippen MR) is 88.2 cm³/mol. The van der Waals surface area contributed by atoms with E-state index in [-0.39, 0.29) is 16.4 Å². The molecule has 0 saturated carbocycles. The molecule has 0 aliphatic heterocycles. The van der Waals surface area contributed by atoms with E-state index in [2.05, 4.69) is 9.93 Å². The van der Waals surface area contributed by atoms with Gasteiger partial charge in [-0.25, -0.2) is 0 Å². The van der Waals surface area contributed by atoms with Crippen molar-refractivity contribution in [2.24, 2.45) is 5.10 Å². The van der Waals surface area contributed by atoms with Gasteiger partial charge in [-0.15, -0.1) is 0 Å². The normalized spacial score (nSPS) is 12.2. The predicted octanol–water partition coefficient (Wildman–Crippen LogP) is 2.42. The van der Waals surface area contributed by atoms with Crippen LogP contribution < -0.4 is 4.83 Å². The summed E-state index contributed by atoms with van der Waals surface area (Å²) in [6.07, 6.45) is 0. The standard InChI is InChI=1S/C16H18N2O4S/c1-10-4-5-16(11(2)6-10)23(21,22)18-17-12(3)13-7-14(19)9-15(20)8-13/h4-9,18-20H,1-3H3/b17-12-. The number of aromatic hydroxyl groups is 2. The summed E-state index contributed by atoms with van der Waals surface area (Å²) in [4.78, 5) is 2.32. The van der Waals surface area contributed by atoms with Gasteiger partial charge in [-0.05, 0) is 44.5 Å². The zero-order valence-electron chi connectivity index (χ0n) is 13.0. The number of sulfonamides is 1. The number of hydrogen-bond donors (Lipinski definition) is 3. The van der Waals surface area contributed by atoms with Crippen LogP contribution in [0.1, 0.15) is 23.6 Å². The van der Waals surface area contributed by atoms with Crippen molar-refractivity contribution < 1.29 is 18.6 Å². The molecule has 6 nitrogen and oxygen atoms in total. The second kappa shape index (κ2) is 6.29. The number of phenolic OH excluding ortho intramolecular Hbond substituents is 2. The quantitative estimate of drug-likeness (QED) is 0.590. The zero-order valence-corrected chi connectivity index (χ0v) is 13.8. The first kappa shape index (κ1) is 16.8. The van der Waals surface area contributed by atoms with Gasteiger partial charge in [-0.1, -0.05) is 17.7 Å². The third kappa shape index (κ3) is 4.01. The molecule has 2 rings (SSSR count). The lowest BCUT2D eigenvalue weighted by molar-refractivity contribution is 0.450. The van der Waals surface area contributed by atoms with E-state index in [1.165, 1.54) is 24.3 Å². The highest BCUT2D eigenvalue weighted by Crippen LogP contribution is 2.21. The molecule has 3 N–H and O–H groups in total. The topological polar surface area (TPSA) is 99.0 Å². The summed E-state index contributed by atoms with van der Waals surface area (Å²) in [6.45, 7) is 5.16. The van der Waals surface area contributed by atoms with Crippen molar-refractivity contribution >= 4 is 15.7 Å². The number of phenols is 2. The van der Waals surface area contributed by atoms with Crippen molar-refractivity contribution in [3.63, 3.8) is 0 Å². The van der Waals surface area contributed by atoms with Crippen LogP contribution in [0.4, 0.5) is 0 Å². The Balaban J connectivity index is 2.30. The molecule has 0 aliphatic rings. The Bertz CT molecular complexity index is 853. The monoisotopic (exact) mass is 334 g/mol. The van der Waals surface area contributed by atoms with Crippen molar-refractivity contribution in [1.82, 2.24) is 4.83 Å². The molecule has 0 saturated heterocycles. The van der Waals surface area contributed by atoms with E-state index in [9.17, 15) is 18.6 Å². The van der Waals surface area contributed by atoms with Crippen molar-refractivity contribution in [1.29, 1.82) is 0 Å². The minimum atomic E-state index is -3.79. The molecule has 0 atom stereocenters. The van der Waals surface area contributed by atoms with E-state index in [4.69, 9.17) is 0 Å². The summed E-state index contributed by atoms with van der Waals surface area (Å²) in [5.74, 6) is -0.265. The Hall–Kier alpha value is -2.54. The SMILES string of the molecule is C/C(=N/NS(=O)(=O)c1ccc(C)cc1C)c1cc(O)cc(O)c1. The first-order valence-electron chi connectivity index (χ1n) is 6.86. The van der Waals surface area contributed by atoms with Crippen LogP contribution in [-0.4, -0.2) is 24.3 Å². The fourth-order valence-corrected chi connectivity index (χ4v) is 3.23. The van der Waals surface area contributed by atoms with Crippen LogP contribution in [0.5, 0.6) is 11.5 Å². The van der Waals surface area contributed by atoms with Crippen molar-refractivity contribution in [2.75, 3.05) is 0 Å². The van der Waals surface area contributed by atoms with Gasteiger partial charge in [0, 0.05) is 11.6 Å². The van der Waals surface area contributed by atoms with Gasteiger partial charge in [0.05, 0.1) is 10.6 Å². The zero-order chi connectivity index (χ0) is 17.2. The molecule has 0 amide bonds. The van der Waals surface area contributed by atoms with E-state index in [1.54, 1.807) is 26.0 Å². The van der Waals surface area contributed by atoms with Crippen molar-refractivity contribution in [3.8, 4) is 11.5 Å². The Morgan fingerprint density at radius 3 is 2.22 bits per heavy atom. The molecule has 0 radical (unpaired) electrons. The molecule has 0 bridgehead atoms. The fraction of sp³-hybridized carbons (Fsp3) is 0.188. The Morgan fingerprint density at radius 2 is 1.65 bits per heavy atom. The lowest BCUT2D eigenvalue weighted by Crippen LogP contribution is -2.20. The third-order valence-corrected chi connectivity index (χ3v) is 4.64. The van der Waals surface area contributed by atoms with Crippen LogP contribution in [0.15, 0.2) is 46.4 Å². The molecule has 0 aliphatic carbocycles. The third-order valence-electron chi connectivity index (χ3n) is 3.27. The molecular formula is C16H18N2O4S. The molecule has 0 heterocycles. The first-order valence-corrected chi connectivity index (χ1v) is 8.34. The van der Waals surface area contributed by atoms with Gasteiger partial charge in [0.15, 0.2) is 0 Å². The van der Waals surface area contributed by atoms with Gasteiger partial charge in [-0.2, -0.15) is 18.4 Å². The minimum absolute atomic E-state index is 0.133. The summed E-state index contributed by atoms with van der Waals surface area (Å²) in [7, 11) is -3.79. The highest BCUT2D eigenvalue weighted by molar-refractivity contribution is 7.89. The van der Waals surface area contributed by atoms with E-state index >= 15 is 0 Å². The van der Waals surface area contributed by atoms with Crippen LogP contribution in [-0.2, 0) is 10.0 Å². The highest BCUT2D eigenvalue weighted by atomic mass is 32.2. The van der Waals surface area contributed by atoms with Crippen LogP contribution >= 0.6 is 0 Å². The summed E-state index contributed by atoms with van der Waals surface area (Å²) in [5.41, 5.74) is 2.31. The molecule has 2 aromatic carbocycles. The second-order valence-corrected chi connectivity index (χ2v) is 6.93. The molecule has 0 spiro atoms. The number of benzene rings is 2. The Morgan fingerprint density at radius 1 is 1.04 bits per heavy atom. The number of aryl methyl sites for hydroxylation is 2. The van der Waals surface area contributed by atoms with Crippen molar-refractivity contribution in [3.05, 3.63) is 53.1 Å². The van der Waals surface area contributed by atoms with Gasteiger partial charge in [0.25, 0.3) is 10.0 Å². The molecule has 0 aromatic heterocycles. The largest absolute Gasteiger partial charge is 0.508 e. The van der Waals surface area contributed by atoms with Gasteiger partial charge in [0.2, 0.25) is 0 Å². The van der Waals surface area contributed by atoms with E-state index < -0.39 is 10.0 Å².